The molecule has 1 fully saturated rings. The van der Waals surface area contributed by atoms with Gasteiger partial charge >= 0.3 is 0 Å². The van der Waals surface area contributed by atoms with Gasteiger partial charge in [0.25, 0.3) is 5.24 Å². The van der Waals surface area contributed by atoms with Crippen LogP contribution in [0, 0.1) is 0 Å². The molecule has 3 heteroatoms. The van der Waals surface area contributed by atoms with Crippen LogP contribution in [0.15, 0.2) is 0 Å². The van der Waals surface area contributed by atoms with Gasteiger partial charge in [0, 0.05) is 12.1 Å². The van der Waals surface area contributed by atoms with Crippen molar-refractivity contribution < 1.29 is 4.79 Å². The summed E-state index contributed by atoms with van der Waals surface area (Å²) in [5.41, 5.74) is 0.117. The van der Waals surface area contributed by atoms with Crippen LogP contribution in [-0.4, -0.2) is 22.2 Å². The summed E-state index contributed by atoms with van der Waals surface area (Å²) in [5.74, 6) is 0. The molecular formula is C11H21NOS. The third kappa shape index (κ3) is 2.25. The predicted octanol–water partition coefficient (Wildman–Crippen LogP) is 3.47. The first-order valence-corrected chi connectivity index (χ1v) is 6.11. The van der Waals surface area contributed by atoms with Crippen molar-refractivity contribution >= 4 is 17.9 Å². The molecule has 0 aromatic carbocycles. The third-order valence-electron chi connectivity index (χ3n) is 3.56. The minimum absolute atomic E-state index is 0.0590. The highest BCUT2D eigenvalue weighted by atomic mass is 32.1. The Morgan fingerprint density at radius 3 is 2.21 bits per heavy atom. The van der Waals surface area contributed by atoms with E-state index in [0.717, 1.165) is 25.8 Å². The lowest BCUT2D eigenvalue weighted by atomic mass is 9.78. The van der Waals surface area contributed by atoms with Crippen molar-refractivity contribution in [2.75, 3.05) is 6.54 Å². The topological polar surface area (TPSA) is 20.3 Å². The molecule has 14 heavy (non-hydrogen) atoms. The maximum atomic E-state index is 11.4. The van der Waals surface area contributed by atoms with Crippen molar-refractivity contribution in [1.29, 1.82) is 0 Å². The van der Waals surface area contributed by atoms with Crippen LogP contribution >= 0.6 is 12.6 Å². The van der Waals surface area contributed by atoms with Crippen molar-refractivity contribution in [3.05, 3.63) is 0 Å². The molecule has 1 rings (SSSR count). The second-order valence-electron chi connectivity index (χ2n) is 4.17. The summed E-state index contributed by atoms with van der Waals surface area (Å²) in [6, 6.07) is 0. The van der Waals surface area contributed by atoms with Gasteiger partial charge in [-0.3, -0.25) is 4.79 Å². The van der Waals surface area contributed by atoms with Gasteiger partial charge in [0.05, 0.1) is 0 Å². The molecule has 82 valence electrons. The summed E-state index contributed by atoms with van der Waals surface area (Å²) < 4.78 is 0. The molecule has 0 saturated heterocycles. The number of rotatable bonds is 3. The molecule has 0 unspecified atom stereocenters. The van der Waals surface area contributed by atoms with E-state index in [1.54, 1.807) is 0 Å². The quantitative estimate of drug-likeness (QED) is 0.715. The van der Waals surface area contributed by atoms with Gasteiger partial charge in [-0.05, 0) is 26.2 Å². The van der Waals surface area contributed by atoms with Crippen molar-refractivity contribution in [1.82, 2.24) is 4.90 Å². The predicted molar refractivity (Wildman–Crippen MR) is 62.9 cm³/mol. The zero-order valence-corrected chi connectivity index (χ0v) is 10.1. The smallest absolute Gasteiger partial charge is 0.279 e. The number of carbonyl (C=O) groups is 1. The number of carbonyl (C=O) groups excluding carboxylic acids is 1. The van der Waals surface area contributed by atoms with E-state index in [4.69, 9.17) is 0 Å². The third-order valence-corrected chi connectivity index (χ3v) is 3.80. The first-order valence-electron chi connectivity index (χ1n) is 5.67. The lowest BCUT2D eigenvalue weighted by Gasteiger charge is -2.45. The largest absolute Gasteiger partial charge is 0.328 e. The fraction of sp³-hybridized carbons (Fsp3) is 0.909. The minimum atomic E-state index is -0.0590. The molecule has 1 saturated carbocycles. The molecule has 0 bridgehead atoms. The lowest BCUT2D eigenvalue weighted by molar-refractivity contribution is 0.0917. The monoisotopic (exact) mass is 215 g/mol. The molecule has 1 aliphatic carbocycles. The van der Waals surface area contributed by atoms with Crippen molar-refractivity contribution in [2.24, 2.45) is 0 Å². The lowest BCUT2D eigenvalue weighted by Crippen LogP contribution is -2.50. The van der Waals surface area contributed by atoms with Gasteiger partial charge in [-0.25, -0.2) is 0 Å². The van der Waals surface area contributed by atoms with Gasteiger partial charge in [-0.1, -0.05) is 38.8 Å². The molecule has 0 atom stereocenters. The summed E-state index contributed by atoms with van der Waals surface area (Å²) in [6.07, 6.45) is 7.21. The minimum Gasteiger partial charge on any atom is -0.328 e. The van der Waals surface area contributed by atoms with Gasteiger partial charge in [-0.15, -0.1) is 0 Å². The molecule has 0 aromatic rings. The SMILES string of the molecule is CCN(C(=O)S)C1(CC)CCCCC1. The molecule has 1 aliphatic rings. The Morgan fingerprint density at radius 2 is 1.86 bits per heavy atom. The Kier molecular flexibility index (Phi) is 4.30. The van der Waals surface area contributed by atoms with E-state index in [2.05, 4.69) is 19.6 Å². The molecule has 0 N–H and O–H groups in total. The fourth-order valence-corrected chi connectivity index (χ4v) is 3.05. The number of hydrogen-bond acceptors (Lipinski definition) is 1. The molecule has 0 radical (unpaired) electrons. The summed E-state index contributed by atoms with van der Waals surface area (Å²) in [7, 11) is 0. The highest BCUT2D eigenvalue weighted by molar-refractivity contribution is 7.96. The average Bonchev–Trinajstić information content (AvgIpc) is 2.19. The summed E-state index contributed by atoms with van der Waals surface area (Å²) in [6.45, 7) is 5.01. The van der Waals surface area contributed by atoms with E-state index in [9.17, 15) is 4.79 Å². The van der Waals surface area contributed by atoms with E-state index < -0.39 is 0 Å². The standard InChI is InChI=1S/C11H21NOS/c1-3-11(8-6-5-7-9-11)12(4-2)10(13)14/h3-9H2,1-2H3,(H,13,14). The van der Waals surface area contributed by atoms with Gasteiger partial charge in [0.15, 0.2) is 0 Å². The Labute approximate surface area is 92.5 Å². The van der Waals surface area contributed by atoms with Crippen LogP contribution in [0.3, 0.4) is 0 Å². The van der Waals surface area contributed by atoms with Crippen molar-refractivity contribution in [3.63, 3.8) is 0 Å². The van der Waals surface area contributed by atoms with Gasteiger partial charge < -0.3 is 4.90 Å². The Bertz CT molecular complexity index is 199. The van der Waals surface area contributed by atoms with Crippen LogP contribution < -0.4 is 0 Å². The van der Waals surface area contributed by atoms with Crippen molar-refractivity contribution in [3.8, 4) is 0 Å². The molecular weight excluding hydrogens is 194 g/mol. The second kappa shape index (κ2) is 5.06. The zero-order valence-electron chi connectivity index (χ0n) is 9.25. The zero-order chi connectivity index (χ0) is 10.6. The van der Waals surface area contributed by atoms with Crippen LogP contribution in [0.2, 0.25) is 0 Å². The maximum absolute atomic E-state index is 11.4. The van der Waals surface area contributed by atoms with E-state index in [0.29, 0.717) is 0 Å². The van der Waals surface area contributed by atoms with Crippen LogP contribution in [0.1, 0.15) is 52.4 Å². The van der Waals surface area contributed by atoms with E-state index in [-0.39, 0.29) is 10.8 Å². The second-order valence-corrected chi connectivity index (χ2v) is 4.55. The highest BCUT2D eigenvalue weighted by Gasteiger charge is 2.37. The normalized spacial score (nSPS) is 20.5. The summed E-state index contributed by atoms with van der Waals surface area (Å²) >= 11 is 3.98. The van der Waals surface area contributed by atoms with E-state index in [1.165, 1.54) is 19.3 Å². The number of hydrogen-bond donors (Lipinski definition) is 1. The molecule has 1 amide bonds. The van der Waals surface area contributed by atoms with Crippen LogP contribution in [-0.2, 0) is 0 Å². The van der Waals surface area contributed by atoms with Crippen LogP contribution in [0.25, 0.3) is 0 Å². The number of amides is 1. The maximum Gasteiger partial charge on any atom is 0.279 e. The molecule has 0 spiro atoms. The van der Waals surface area contributed by atoms with E-state index >= 15 is 0 Å². The van der Waals surface area contributed by atoms with Crippen molar-refractivity contribution in [2.45, 2.75) is 57.9 Å². The highest BCUT2D eigenvalue weighted by Crippen LogP contribution is 2.36. The molecule has 0 aliphatic heterocycles. The molecule has 0 heterocycles. The summed E-state index contributed by atoms with van der Waals surface area (Å²) in [5, 5.41) is -0.0590. The first kappa shape index (κ1) is 11.9. The Balaban J connectivity index is 2.79. The van der Waals surface area contributed by atoms with Crippen LogP contribution in [0.4, 0.5) is 4.79 Å². The molecule has 0 aromatic heterocycles. The first-order chi connectivity index (χ1) is 6.66. The number of nitrogens with zero attached hydrogens (tertiary/aromatic N) is 1. The summed E-state index contributed by atoms with van der Waals surface area (Å²) in [4.78, 5) is 13.4. The Morgan fingerprint density at radius 1 is 1.29 bits per heavy atom. The van der Waals surface area contributed by atoms with Gasteiger partial charge in [0.1, 0.15) is 0 Å². The Hall–Kier alpha value is -0.180. The number of thiol groups is 1. The van der Waals surface area contributed by atoms with E-state index in [1.807, 2.05) is 11.8 Å². The van der Waals surface area contributed by atoms with Gasteiger partial charge in [0.2, 0.25) is 0 Å². The van der Waals surface area contributed by atoms with Crippen LogP contribution in [0.5, 0.6) is 0 Å². The molecule has 2 nitrogen and oxygen atoms in total. The average molecular weight is 215 g/mol. The fourth-order valence-electron chi connectivity index (χ4n) is 2.70. The van der Waals surface area contributed by atoms with Gasteiger partial charge in [-0.2, -0.15) is 0 Å².